The molecule has 1 fully saturated rings. The van der Waals surface area contributed by atoms with Crippen molar-refractivity contribution in [3.63, 3.8) is 0 Å². The molecule has 0 saturated heterocycles. The van der Waals surface area contributed by atoms with Crippen molar-refractivity contribution in [1.29, 1.82) is 0 Å². The van der Waals surface area contributed by atoms with E-state index in [1.54, 1.807) is 0 Å². The number of rotatable bonds is 6. The summed E-state index contributed by atoms with van der Waals surface area (Å²) < 4.78 is 12.3. The first-order valence-corrected chi connectivity index (χ1v) is 9.37. The Kier molecular flexibility index (Phi) is 5.45. The maximum Gasteiger partial charge on any atom is 0.347 e. The lowest BCUT2D eigenvalue weighted by Crippen LogP contribution is -2.56. The van der Waals surface area contributed by atoms with E-state index in [1.165, 1.54) is 25.7 Å². The van der Waals surface area contributed by atoms with Crippen LogP contribution in [0.1, 0.15) is 60.3 Å². The second-order valence-electron chi connectivity index (χ2n) is 6.62. The second kappa shape index (κ2) is 6.06. The molecule has 0 heterocycles. The van der Waals surface area contributed by atoms with Gasteiger partial charge in [0, 0.05) is 24.8 Å². The van der Waals surface area contributed by atoms with Gasteiger partial charge in [-0.3, -0.25) is 0 Å². The van der Waals surface area contributed by atoms with Crippen LogP contribution >= 0.6 is 0 Å². The highest BCUT2D eigenvalue weighted by atomic mass is 28.4. The quantitative estimate of drug-likeness (QED) is 0.650. The van der Waals surface area contributed by atoms with Gasteiger partial charge in [-0.2, -0.15) is 0 Å². The fourth-order valence-corrected chi connectivity index (χ4v) is 9.12. The monoisotopic (exact) mass is 272 g/mol. The minimum Gasteiger partial charge on any atom is -0.397 e. The van der Waals surface area contributed by atoms with E-state index in [9.17, 15) is 0 Å². The zero-order valence-electron chi connectivity index (χ0n) is 13.4. The minimum absolute atomic E-state index is 0.161. The lowest BCUT2D eigenvalue weighted by atomic mass is 9.94. The van der Waals surface area contributed by atoms with Crippen molar-refractivity contribution in [3.8, 4) is 0 Å². The van der Waals surface area contributed by atoms with Gasteiger partial charge in [0.25, 0.3) is 0 Å². The fraction of sp³-hybridized carbons (Fsp3) is 1.00. The maximum atomic E-state index is 6.15. The van der Waals surface area contributed by atoms with E-state index in [0.29, 0.717) is 11.5 Å². The molecule has 3 heteroatoms. The molecule has 2 nitrogen and oxygen atoms in total. The normalized spacial score (nSPS) is 27.5. The van der Waals surface area contributed by atoms with Crippen molar-refractivity contribution in [2.45, 2.75) is 70.9 Å². The maximum absolute atomic E-state index is 6.15. The van der Waals surface area contributed by atoms with E-state index in [0.717, 1.165) is 5.92 Å². The Morgan fingerprint density at radius 2 is 1.78 bits per heavy atom. The van der Waals surface area contributed by atoms with E-state index < -0.39 is 8.56 Å². The Morgan fingerprint density at radius 3 is 2.11 bits per heavy atom. The summed E-state index contributed by atoms with van der Waals surface area (Å²) in [6.07, 6.45) is 5.15. The van der Waals surface area contributed by atoms with Crippen LogP contribution in [0.4, 0.5) is 0 Å². The molecule has 0 radical (unpaired) electrons. The molecule has 0 aliphatic heterocycles. The highest BCUT2D eigenvalue weighted by Gasteiger charge is 2.60. The Balaban J connectivity index is 3.13. The van der Waals surface area contributed by atoms with Crippen LogP contribution in [0.2, 0.25) is 10.6 Å². The predicted molar refractivity (Wildman–Crippen MR) is 80.0 cm³/mol. The molecule has 3 unspecified atom stereocenters. The average Bonchev–Trinajstić information content (AvgIpc) is 2.77. The average molecular weight is 273 g/mol. The van der Waals surface area contributed by atoms with Gasteiger partial charge in [-0.15, -0.1) is 0 Å². The number of hydrogen-bond donors (Lipinski definition) is 0. The first-order valence-electron chi connectivity index (χ1n) is 7.47. The van der Waals surface area contributed by atoms with Crippen LogP contribution in [-0.2, 0) is 8.85 Å². The van der Waals surface area contributed by atoms with Crippen molar-refractivity contribution in [1.82, 2.24) is 0 Å². The third kappa shape index (κ3) is 2.41. The standard InChI is InChI=1S/C15H32O2Si/c1-8-13(3)15(4,5)18(16-6,17-7)14-11-9-10-12(14)2/h12-14H,8-11H2,1-7H3. The van der Waals surface area contributed by atoms with Crippen LogP contribution in [0.3, 0.4) is 0 Å². The van der Waals surface area contributed by atoms with Gasteiger partial charge < -0.3 is 8.85 Å². The van der Waals surface area contributed by atoms with Crippen LogP contribution in [-0.4, -0.2) is 22.8 Å². The van der Waals surface area contributed by atoms with Gasteiger partial charge in [-0.1, -0.05) is 53.9 Å². The highest BCUT2D eigenvalue weighted by molar-refractivity contribution is 6.72. The van der Waals surface area contributed by atoms with Crippen LogP contribution in [0.25, 0.3) is 0 Å². The van der Waals surface area contributed by atoms with Crippen molar-refractivity contribution >= 4 is 8.56 Å². The molecule has 18 heavy (non-hydrogen) atoms. The van der Waals surface area contributed by atoms with Crippen LogP contribution in [0, 0.1) is 11.8 Å². The Hall–Kier alpha value is 0.137. The Labute approximate surface area is 115 Å². The molecular weight excluding hydrogens is 240 g/mol. The third-order valence-electron chi connectivity index (χ3n) is 5.70. The molecule has 3 atom stereocenters. The first-order chi connectivity index (χ1) is 8.37. The van der Waals surface area contributed by atoms with Crippen LogP contribution in [0.5, 0.6) is 0 Å². The molecule has 0 aromatic carbocycles. The first kappa shape index (κ1) is 16.2. The predicted octanol–water partition coefficient (Wildman–Crippen LogP) is 4.74. The van der Waals surface area contributed by atoms with E-state index in [2.05, 4.69) is 34.6 Å². The van der Waals surface area contributed by atoms with Gasteiger partial charge in [0.15, 0.2) is 0 Å². The van der Waals surface area contributed by atoms with Crippen molar-refractivity contribution < 1.29 is 8.85 Å². The molecular formula is C15H32O2Si. The molecule has 0 amide bonds. The zero-order valence-corrected chi connectivity index (χ0v) is 14.4. The lowest BCUT2D eigenvalue weighted by molar-refractivity contribution is 0.168. The largest absolute Gasteiger partial charge is 0.397 e. The van der Waals surface area contributed by atoms with E-state index in [1.807, 2.05) is 14.2 Å². The minimum atomic E-state index is -2.19. The molecule has 0 aromatic heterocycles. The highest BCUT2D eigenvalue weighted by Crippen LogP contribution is 2.57. The summed E-state index contributed by atoms with van der Waals surface area (Å²) in [7, 11) is 1.57. The zero-order chi connectivity index (χ0) is 14.0. The Morgan fingerprint density at radius 1 is 1.22 bits per heavy atom. The van der Waals surface area contributed by atoms with Gasteiger partial charge in [-0.05, 0) is 18.3 Å². The summed E-state index contributed by atoms with van der Waals surface area (Å²) in [4.78, 5) is 0. The Bertz CT molecular complexity index is 261. The molecule has 108 valence electrons. The molecule has 1 rings (SSSR count). The van der Waals surface area contributed by atoms with Gasteiger partial charge >= 0.3 is 8.56 Å². The van der Waals surface area contributed by atoms with Crippen LogP contribution < -0.4 is 0 Å². The summed E-state index contributed by atoms with van der Waals surface area (Å²) >= 11 is 0. The van der Waals surface area contributed by atoms with E-state index >= 15 is 0 Å². The third-order valence-corrected chi connectivity index (χ3v) is 11.0. The molecule has 0 N–H and O–H groups in total. The molecule has 0 spiro atoms. The van der Waals surface area contributed by atoms with Crippen molar-refractivity contribution in [2.75, 3.05) is 14.2 Å². The molecule has 1 aliphatic carbocycles. The SMILES string of the molecule is CCC(C)C(C)(C)[Si](OC)(OC)C1CCCC1C. The fourth-order valence-electron chi connectivity index (χ4n) is 3.95. The summed E-state index contributed by atoms with van der Waals surface area (Å²) in [6.45, 7) is 11.7. The topological polar surface area (TPSA) is 18.5 Å². The second-order valence-corrected chi connectivity index (χ2v) is 10.8. The molecule has 0 aromatic rings. The smallest absolute Gasteiger partial charge is 0.347 e. The summed E-state index contributed by atoms with van der Waals surface area (Å²) in [6, 6.07) is 0. The summed E-state index contributed by atoms with van der Waals surface area (Å²) in [5.41, 5.74) is 0.650. The van der Waals surface area contributed by atoms with Gasteiger partial charge in [0.2, 0.25) is 0 Å². The van der Waals surface area contributed by atoms with Gasteiger partial charge in [-0.25, -0.2) is 0 Å². The molecule has 1 aliphatic rings. The lowest BCUT2D eigenvalue weighted by Gasteiger charge is -2.49. The number of hydrogen-bond acceptors (Lipinski definition) is 2. The van der Waals surface area contributed by atoms with E-state index in [-0.39, 0.29) is 5.04 Å². The molecule has 0 bridgehead atoms. The van der Waals surface area contributed by atoms with Gasteiger partial charge in [0.05, 0.1) is 0 Å². The molecule has 1 saturated carbocycles. The summed E-state index contributed by atoms with van der Waals surface area (Å²) in [5, 5.41) is 0.161. The van der Waals surface area contributed by atoms with Gasteiger partial charge in [0.1, 0.15) is 0 Å². The van der Waals surface area contributed by atoms with E-state index in [4.69, 9.17) is 8.85 Å². The summed E-state index contributed by atoms with van der Waals surface area (Å²) in [5.74, 6) is 1.39. The van der Waals surface area contributed by atoms with Crippen molar-refractivity contribution in [3.05, 3.63) is 0 Å². The van der Waals surface area contributed by atoms with Crippen molar-refractivity contribution in [2.24, 2.45) is 11.8 Å². The van der Waals surface area contributed by atoms with Crippen LogP contribution in [0.15, 0.2) is 0 Å².